The Hall–Kier alpha value is -1.71. The first kappa shape index (κ1) is 16.2. The van der Waals surface area contributed by atoms with Gasteiger partial charge in [0, 0.05) is 10.9 Å². The molecule has 4 heteroatoms. The van der Waals surface area contributed by atoms with Crippen molar-refractivity contribution in [2.24, 2.45) is 0 Å². The van der Waals surface area contributed by atoms with Crippen LogP contribution in [0.4, 0.5) is 0 Å². The zero-order valence-electron chi connectivity index (χ0n) is 12.7. The highest BCUT2D eigenvalue weighted by Crippen LogP contribution is 2.39. The quantitative estimate of drug-likeness (QED) is 0.749. The molecule has 0 spiro atoms. The number of carbonyl (C=O) groups is 1. The number of ether oxygens (including phenoxy) is 1. The minimum atomic E-state index is -0.145. The lowest BCUT2D eigenvalue weighted by atomic mass is 9.88. The third-order valence-electron chi connectivity index (χ3n) is 3.95. The van der Waals surface area contributed by atoms with Gasteiger partial charge in [-0.2, -0.15) is 0 Å². The lowest BCUT2D eigenvalue weighted by molar-refractivity contribution is -0.112. The van der Waals surface area contributed by atoms with E-state index in [9.17, 15) is 4.79 Å². The molecule has 0 radical (unpaired) electrons. The second-order valence-corrected chi connectivity index (χ2v) is 6.65. The second-order valence-electron chi connectivity index (χ2n) is 5.43. The molecule has 0 bridgehead atoms. The largest absolute Gasteiger partial charge is 0.481 e. The van der Waals surface area contributed by atoms with E-state index in [0.29, 0.717) is 10.8 Å². The molecular formula is C19H17ClO2S. The normalized spacial score (nSPS) is 20.5. The molecule has 1 aliphatic heterocycles. The summed E-state index contributed by atoms with van der Waals surface area (Å²) in [5, 5.41) is 0.657. The van der Waals surface area contributed by atoms with Crippen LogP contribution in [0.15, 0.2) is 66.4 Å². The Balaban J connectivity index is 1.93. The van der Waals surface area contributed by atoms with E-state index in [1.165, 1.54) is 17.3 Å². The fraction of sp³-hybridized carbons (Fsp3) is 0.211. The summed E-state index contributed by atoms with van der Waals surface area (Å²) in [6.45, 7) is 0. The fourth-order valence-electron chi connectivity index (χ4n) is 2.75. The molecule has 2 aromatic rings. The molecule has 2 atom stereocenters. The summed E-state index contributed by atoms with van der Waals surface area (Å²) in [5.41, 5.74) is 2.23. The Morgan fingerprint density at radius 1 is 1.09 bits per heavy atom. The van der Waals surface area contributed by atoms with E-state index in [2.05, 4.69) is 12.1 Å². The van der Waals surface area contributed by atoms with Crippen LogP contribution in [0.2, 0.25) is 5.02 Å². The van der Waals surface area contributed by atoms with E-state index in [1.807, 2.05) is 48.5 Å². The van der Waals surface area contributed by atoms with Crippen LogP contribution in [0.1, 0.15) is 29.6 Å². The molecule has 23 heavy (non-hydrogen) atoms. The van der Waals surface area contributed by atoms with Crippen molar-refractivity contribution in [1.82, 2.24) is 0 Å². The lowest BCUT2D eigenvalue weighted by Gasteiger charge is -2.29. The number of hydrogen-bond donors (Lipinski definition) is 0. The summed E-state index contributed by atoms with van der Waals surface area (Å²) in [4.78, 5) is 12.1. The van der Waals surface area contributed by atoms with E-state index in [1.54, 1.807) is 6.26 Å². The summed E-state index contributed by atoms with van der Waals surface area (Å²) in [7, 11) is 0. The van der Waals surface area contributed by atoms with Gasteiger partial charge in [-0.1, -0.05) is 65.8 Å². The van der Waals surface area contributed by atoms with Crippen molar-refractivity contribution in [2.45, 2.75) is 18.4 Å². The van der Waals surface area contributed by atoms with Crippen LogP contribution in [-0.2, 0) is 9.53 Å². The number of allylic oxidation sites excluding steroid dienone is 1. The molecule has 0 amide bonds. The van der Waals surface area contributed by atoms with Crippen LogP contribution < -0.4 is 0 Å². The highest BCUT2D eigenvalue weighted by atomic mass is 35.5. The number of hydrogen-bond acceptors (Lipinski definition) is 3. The maximum atomic E-state index is 12.1. The molecule has 3 rings (SSSR count). The first-order valence-corrected chi connectivity index (χ1v) is 9.05. The van der Waals surface area contributed by atoms with Crippen molar-refractivity contribution in [2.75, 3.05) is 6.26 Å². The van der Waals surface area contributed by atoms with Crippen molar-refractivity contribution >= 4 is 28.5 Å². The van der Waals surface area contributed by atoms with E-state index in [0.717, 1.165) is 12.0 Å². The summed E-state index contributed by atoms with van der Waals surface area (Å²) < 4.78 is 5.96. The van der Waals surface area contributed by atoms with Crippen molar-refractivity contribution in [3.63, 3.8) is 0 Å². The number of benzene rings is 2. The van der Waals surface area contributed by atoms with Gasteiger partial charge in [0.2, 0.25) is 0 Å². The summed E-state index contributed by atoms with van der Waals surface area (Å²) in [6.07, 6.45) is 4.38. The maximum absolute atomic E-state index is 12.1. The van der Waals surface area contributed by atoms with Crippen LogP contribution in [0, 0.1) is 0 Å². The SMILES string of the molecule is CSC(=O)C1=C[C@@H](c2ccccc2)C[C@@H](c2ccc(Cl)cc2)O1. The number of halogens is 1. The Morgan fingerprint density at radius 3 is 2.43 bits per heavy atom. The molecule has 0 N–H and O–H groups in total. The molecule has 1 aliphatic rings. The van der Waals surface area contributed by atoms with Gasteiger partial charge in [0.05, 0.1) is 0 Å². The molecule has 0 aliphatic carbocycles. The molecule has 118 valence electrons. The Labute approximate surface area is 145 Å². The lowest BCUT2D eigenvalue weighted by Crippen LogP contribution is -2.18. The molecule has 1 heterocycles. The van der Waals surface area contributed by atoms with Gasteiger partial charge in [-0.05, 0) is 42.0 Å². The van der Waals surface area contributed by atoms with E-state index < -0.39 is 0 Å². The molecular weight excluding hydrogens is 328 g/mol. The predicted molar refractivity (Wildman–Crippen MR) is 95.7 cm³/mol. The van der Waals surface area contributed by atoms with Crippen molar-refractivity contribution in [1.29, 1.82) is 0 Å². The molecule has 0 fully saturated rings. The first-order valence-electron chi connectivity index (χ1n) is 7.44. The number of carbonyl (C=O) groups excluding carboxylic acids is 1. The van der Waals surface area contributed by atoms with Gasteiger partial charge in [-0.15, -0.1) is 0 Å². The van der Waals surface area contributed by atoms with Crippen LogP contribution in [0.25, 0.3) is 0 Å². The van der Waals surface area contributed by atoms with Gasteiger partial charge in [-0.3, -0.25) is 4.79 Å². The monoisotopic (exact) mass is 344 g/mol. The zero-order valence-corrected chi connectivity index (χ0v) is 14.3. The smallest absolute Gasteiger partial charge is 0.253 e. The Morgan fingerprint density at radius 2 is 1.78 bits per heavy atom. The summed E-state index contributed by atoms with van der Waals surface area (Å²) in [5.74, 6) is 0.606. The fourth-order valence-corrected chi connectivity index (χ4v) is 3.20. The number of thioether (sulfide) groups is 1. The molecule has 0 saturated heterocycles. The van der Waals surface area contributed by atoms with Crippen molar-refractivity contribution in [3.8, 4) is 0 Å². The maximum Gasteiger partial charge on any atom is 0.253 e. The van der Waals surface area contributed by atoms with Crippen LogP contribution in [-0.4, -0.2) is 11.4 Å². The van der Waals surface area contributed by atoms with Gasteiger partial charge >= 0.3 is 0 Å². The summed E-state index contributed by atoms with van der Waals surface area (Å²) in [6, 6.07) is 17.8. The van der Waals surface area contributed by atoms with Crippen molar-refractivity contribution < 1.29 is 9.53 Å². The minimum absolute atomic E-state index is 0.0374. The Kier molecular flexibility index (Phi) is 5.09. The standard InChI is InChI=1S/C19H17ClO2S/c1-23-19(21)18-12-15(13-5-3-2-4-6-13)11-17(22-18)14-7-9-16(20)10-8-14/h2-10,12,15,17H,11H2,1H3/t15-,17-/m0/s1. The predicted octanol–water partition coefficient (Wildman–Crippen LogP) is 5.36. The van der Waals surface area contributed by atoms with Gasteiger partial charge in [-0.25, -0.2) is 0 Å². The third kappa shape index (κ3) is 3.80. The second kappa shape index (κ2) is 7.24. The van der Waals surface area contributed by atoms with Gasteiger partial charge in [0.15, 0.2) is 5.76 Å². The highest BCUT2D eigenvalue weighted by Gasteiger charge is 2.28. The van der Waals surface area contributed by atoms with E-state index in [4.69, 9.17) is 16.3 Å². The Bertz CT molecular complexity index is 710. The van der Waals surface area contributed by atoms with Gasteiger partial charge < -0.3 is 4.74 Å². The van der Waals surface area contributed by atoms with Gasteiger partial charge in [0.1, 0.15) is 6.10 Å². The molecule has 0 aromatic heterocycles. The molecule has 2 aromatic carbocycles. The van der Waals surface area contributed by atoms with E-state index in [-0.39, 0.29) is 17.1 Å². The topological polar surface area (TPSA) is 26.3 Å². The number of rotatable bonds is 3. The molecule has 0 unspecified atom stereocenters. The first-order chi connectivity index (χ1) is 11.2. The summed E-state index contributed by atoms with van der Waals surface area (Å²) >= 11 is 7.14. The average Bonchev–Trinajstić information content (AvgIpc) is 2.62. The van der Waals surface area contributed by atoms with E-state index >= 15 is 0 Å². The van der Waals surface area contributed by atoms with Crippen LogP contribution in [0.5, 0.6) is 0 Å². The van der Waals surface area contributed by atoms with Crippen LogP contribution >= 0.6 is 23.4 Å². The minimum Gasteiger partial charge on any atom is -0.481 e. The third-order valence-corrected chi connectivity index (χ3v) is 4.77. The average molecular weight is 345 g/mol. The highest BCUT2D eigenvalue weighted by molar-refractivity contribution is 8.13. The van der Waals surface area contributed by atoms with Gasteiger partial charge in [0.25, 0.3) is 5.12 Å². The van der Waals surface area contributed by atoms with Crippen LogP contribution in [0.3, 0.4) is 0 Å². The zero-order chi connectivity index (χ0) is 16.2. The molecule has 2 nitrogen and oxygen atoms in total. The molecule has 0 saturated carbocycles. The van der Waals surface area contributed by atoms with Crippen molar-refractivity contribution in [3.05, 3.63) is 82.6 Å².